The molecule has 1 heterocycles. The van der Waals surface area contributed by atoms with E-state index in [9.17, 15) is 4.39 Å². The summed E-state index contributed by atoms with van der Waals surface area (Å²) in [7, 11) is 0. The van der Waals surface area contributed by atoms with Crippen molar-refractivity contribution in [1.82, 2.24) is 0 Å². The standard InChI is InChI=1S/C12H7Br2FN2O/c13-9-4-7(18-12(9)14)6-17-11-3-1-2-10(15)8(11)5-16/h1-4,17H,6H2. The smallest absolute Gasteiger partial charge is 0.183 e. The number of hydrogen-bond acceptors (Lipinski definition) is 3. The third-order valence-corrected chi connectivity index (χ3v) is 3.98. The molecule has 1 aromatic heterocycles. The fraction of sp³-hybridized carbons (Fsp3) is 0.0833. The van der Waals surface area contributed by atoms with Crippen LogP contribution >= 0.6 is 31.9 Å². The van der Waals surface area contributed by atoms with Crippen LogP contribution in [0.3, 0.4) is 0 Å². The summed E-state index contributed by atoms with van der Waals surface area (Å²) in [6.07, 6.45) is 0. The molecule has 0 saturated carbocycles. The average Bonchev–Trinajstić information content (AvgIpc) is 2.66. The highest BCUT2D eigenvalue weighted by molar-refractivity contribution is 9.13. The Hall–Kier alpha value is -1.32. The lowest BCUT2D eigenvalue weighted by Gasteiger charge is -2.06. The van der Waals surface area contributed by atoms with Crippen molar-refractivity contribution in [3.63, 3.8) is 0 Å². The highest BCUT2D eigenvalue weighted by atomic mass is 79.9. The predicted octanol–water partition coefficient (Wildman–Crippen LogP) is 4.43. The molecule has 1 N–H and O–H groups in total. The van der Waals surface area contributed by atoms with Crippen LogP contribution in [0.15, 0.2) is 37.8 Å². The first-order valence-electron chi connectivity index (χ1n) is 4.98. The molecule has 3 nitrogen and oxygen atoms in total. The Labute approximate surface area is 120 Å². The molecule has 0 amide bonds. The lowest BCUT2D eigenvalue weighted by molar-refractivity contribution is 0.494. The minimum Gasteiger partial charge on any atom is -0.451 e. The Bertz CT molecular complexity index is 600. The van der Waals surface area contributed by atoms with E-state index in [1.165, 1.54) is 6.07 Å². The van der Waals surface area contributed by atoms with Gasteiger partial charge >= 0.3 is 0 Å². The number of nitrogens with one attached hydrogen (secondary N) is 1. The molecular formula is C12H7Br2FN2O. The number of benzene rings is 1. The largest absolute Gasteiger partial charge is 0.451 e. The van der Waals surface area contributed by atoms with Gasteiger partial charge in [0.1, 0.15) is 23.2 Å². The van der Waals surface area contributed by atoms with Crippen LogP contribution in [0, 0.1) is 17.1 Å². The Morgan fingerprint density at radius 3 is 2.78 bits per heavy atom. The van der Waals surface area contributed by atoms with Gasteiger partial charge in [0.15, 0.2) is 4.67 Å². The van der Waals surface area contributed by atoms with Crippen molar-refractivity contribution in [1.29, 1.82) is 5.26 Å². The topological polar surface area (TPSA) is 49.0 Å². The number of halogens is 3. The Balaban J connectivity index is 2.16. The first-order valence-corrected chi connectivity index (χ1v) is 6.56. The van der Waals surface area contributed by atoms with Crippen molar-refractivity contribution < 1.29 is 8.81 Å². The number of nitrogens with zero attached hydrogens (tertiary/aromatic N) is 1. The Morgan fingerprint density at radius 1 is 1.39 bits per heavy atom. The lowest BCUT2D eigenvalue weighted by atomic mass is 10.2. The fourth-order valence-electron chi connectivity index (χ4n) is 1.45. The molecule has 0 aliphatic rings. The lowest BCUT2D eigenvalue weighted by Crippen LogP contribution is -2.01. The van der Waals surface area contributed by atoms with E-state index >= 15 is 0 Å². The quantitative estimate of drug-likeness (QED) is 0.865. The number of nitriles is 1. The van der Waals surface area contributed by atoms with E-state index in [0.29, 0.717) is 22.7 Å². The summed E-state index contributed by atoms with van der Waals surface area (Å²) < 4.78 is 20.1. The van der Waals surface area contributed by atoms with Gasteiger partial charge < -0.3 is 9.73 Å². The predicted molar refractivity (Wildman–Crippen MR) is 72.5 cm³/mol. The van der Waals surface area contributed by atoms with Gasteiger partial charge in [-0.05, 0) is 50.1 Å². The van der Waals surface area contributed by atoms with Gasteiger partial charge in [-0.1, -0.05) is 6.07 Å². The number of anilines is 1. The van der Waals surface area contributed by atoms with Gasteiger partial charge in [-0.25, -0.2) is 4.39 Å². The van der Waals surface area contributed by atoms with Crippen LogP contribution in [0.4, 0.5) is 10.1 Å². The van der Waals surface area contributed by atoms with E-state index in [1.807, 2.05) is 6.07 Å². The molecule has 0 aliphatic carbocycles. The molecule has 0 saturated heterocycles. The normalized spacial score (nSPS) is 10.1. The van der Waals surface area contributed by atoms with E-state index in [1.54, 1.807) is 18.2 Å². The molecule has 6 heteroatoms. The number of furan rings is 1. The van der Waals surface area contributed by atoms with Crippen LogP contribution in [-0.2, 0) is 6.54 Å². The molecule has 0 fully saturated rings. The molecule has 0 spiro atoms. The van der Waals surface area contributed by atoms with Gasteiger partial charge in [-0.3, -0.25) is 0 Å². The first-order chi connectivity index (χ1) is 8.61. The van der Waals surface area contributed by atoms with Crippen LogP contribution in [0.2, 0.25) is 0 Å². The summed E-state index contributed by atoms with van der Waals surface area (Å²) >= 11 is 6.53. The molecule has 0 bridgehead atoms. The van der Waals surface area contributed by atoms with Crippen molar-refractivity contribution in [3.05, 3.63) is 50.5 Å². The van der Waals surface area contributed by atoms with Crippen molar-refractivity contribution in [2.45, 2.75) is 6.54 Å². The SMILES string of the molecule is N#Cc1c(F)cccc1NCc1cc(Br)c(Br)o1. The summed E-state index contributed by atoms with van der Waals surface area (Å²) in [6.45, 7) is 0.363. The summed E-state index contributed by atoms with van der Waals surface area (Å²) in [5.74, 6) is 0.131. The van der Waals surface area contributed by atoms with Crippen molar-refractivity contribution in [2.24, 2.45) is 0 Å². The first kappa shape index (κ1) is 13.1. The minimum atomic E-state index is -0.538. The van der Waals surface area contributed by atoms with Crippen molar-refractivity contribution >= 4 is 37.5 Å². The summed E-state index contributed by atoms with van der Waals surface area (Å²) in [5.41, 5.74) is 0.448. The summed E-state index contributed by atoms with van der Waals surface area (Å²) in [6, 6.07) is 8.07. The minimum absolute atomic E-state index is 0.00203. The van der Waals surface area contributed by atoms with Gasteiger partial charge in [0.05, 0.1) is 16.7 Å². The van der Waals surface area contributed by atoms with E-state index in [0.717, 1.165) is 4.47 Å². The molecule has 0 radical (unpaired) electrons. The van der Waals surface area contributed by atoms with Crippen LogP contribution in [0.5, 0.6) is 0 Å². The van der Waals surface area contributed by atoms with Gasteiger partial charge in [0, 0.05) is 0 Å². The highest BCUT2D eigenvalue weighted by Gasteiger charge is 2.09. The second-order valence-electron chi connectivity index (χ2n) is 3.46. The zero-order valence-corrected chi connectivity index (χ0v) is 12.2. The average molecular weight is 374 g/mol. The zero-order valence-electron chi connectivity index (χ0n) is 9.01. The van der Waals surface area contributed by atoms with Crippen molar-refractivity contribution in [2.75, 3.05) is 5.32 Å². The summed E-state index contributed by atoms with van der Waals surface area (Å²) in [4.78, 5) is 0. The van der Waals surface area contributed by atoms with Crippen LogP contribution in [0.25, 0.3) is 0 Å². The van der Waals surface area contributed by atoms with Crippen LogP contribution in [-0.4, -0.2) is 0 Å². The highest BCUT2D eigenvalue weighted by Crippen LogP contribution is 2.27. The third kappa shape index (κ3) is 2.74. The maximum atomic E-state index is 13.3. The third-order valence-electron chi connectivity index (χ3n) is 2.27. The fourth-order valence-corrected chi connectivity index (χ4v) is 2.10. The van der Waals surface area contributed by atoms with E-state index in [2.05, 4.69) is 37.2 Å². The molecule has 92 valence electrons. The molecule has 0 unspecified atom stereocenters. The molecule has 0 aliphatic heterocycles. The maximum Gasteiger partial charge on any atom is 0.183 e. The number of hydrogen-bond donors (Lipinski definition) is 1. The molecule has 18 heavy (non-hydrogen) atoms. The van der Waals surface area contributed by atoms with Crippen LogP contribution < -0.4 is 5.32 Å². The van der Waals surface area contributed by atoms with Gasteiger partial charge in [-0.2, -0.15) is 5.26 Å². The van der Waals surface area contributed by atoms with Crippen LogP contribution in [0.1, 0.15) is 11.3 Å². The van der Waals surface area contributed by atoms with Gasteiger partial charge in [0.25, 0.3) is 0 Å². The molecule has 2 aromatic rings. The van der Waals surface area contributed by atoms with Gasteiger partial charge in [-0.15, -0.1) is 0 Å². The maximum absolute atomic E-state index is 13.3. The van der Waals surface area contributed by atoms with E-state index in [4.69, 9.17) is 9.68 Å². The van der Waals surface area contributed by atoms with Crippen molar-refractivity contribution in [3.8, 4) is 6.07 Å². The molecule has 0 atom stereocenters. The molecular weight excluding hydrogens is 367 g/mol. The van der Waals surface area contributed by atoms with Gasteiger partial charge in [0.2, 0.25) is 0 Å². The second-order valence-corrected chi connectivity index (χ2v) is 5.04. The van der Waals surface area contributed by atoms with E-state index in [-0.39, 0.29) is 5.56 Å². The Morgan fingerprint density at radius 2 is 2.17 bits per heavy atom. The zero-order chi connectivity index (χ0) is 13.1. The Kier molecular flexibility index (Phi) is 4.04. The summed E-state index contributed by atoms with van der Waals surface area (Å²) in [5, 5.41) is 11.8. The second kappa shape index (κ2) is 5.55. The van der Waals surface area contributed by atoms with E-state index < -0.39 is 5.82 Å². The molecule has 1 aromatic carbocycles. The monoisotopic (exact) mass is 372 g/mol. The molecule has 2 rings (SSSR count). The number of rotatable bonds is 3.